The van der Waals surface area contributed by atoms with Crippen LogP contribution in [0.4, 0.5) is 4.39 Å². The molecular weight excluding hydrogens is 466 g/mol. The molecule has 2 aromatic carbocycles. The number of halogens is 3. The van der Waals surface area contributed by atoms with Gasteiger partial charge in [-0.3, -0.25) is 9.80 Å². The number of rotatable bonds is 4. The predicted molar refractivity (Wildman–Crippen MR) is 126 cm³/mol. The summed E-state index contributed by atoms with van der Waals surface area (Å²) in [6.07, 6.45) is 3.39. The molecule has 0 atom stereocenters. The number of carbonyl (C=O) groups excluding carboxylic acids is 1. The Morgan fingerprint density at radius 1 is 1.06 bits per heavy atom. The Labute approximate surface area is 200 Å². The Hall–Kier alpha value is -2.90. The molecule has 33 heavy (non-hydrogen) atoms. The zero-order valence-corrected chi connectivity index (χ0v) is 19.1. The average molecular weight is 487 g/mol. The van der Waals surface area contributed by atoms with E-state index in [1.807, 2.05) is 23.2 Å². The fourth-order valence-electron chi connectivity index (χ4n) is 4.26. The number of fused-ring (bicyclic) bond motifs is 1. The predicted octanol–water partition coefficient (Wildman–Crippen LogP) is 5.37. The summed E-state index contributed by atoms with van der Waals surface area (Å²) in [4.78, 5) is 17.2. The largest absolute Gasteiger partial charge is 0.453 e. The number of hydrogen-bond acceptors (Lipinski definition) is 5. The smallest absolute Gasteiger partial charge is 0.270 e. The number of ether oxygens (including phenoxy) is 1. The highest BCUT2D eigenvalue weighted by Crippen LogP contribution is 2.27. The number of hydrazone groups is 1. The van der Waals surface area contributed by atoms with Gasteiger partial charge in [0.15, 0.2) is 6.73 Å². The van der Waals surface area contributed by atoms with Gasteiger partial charge in [0.25, 0.3) is 5.91 Å². The molecule has 0 radical (unpaired) electrons. The van der Waals surface area contributed by atoms with Crippen molar-refractivity contribution in [2.45, 2.75) is 37.8 Å². The summed E-state index contributed by atoms with van der Waals surface area (Å²) in [7, 11) is 0. The first-order valence-corrected chi connectivity index (χ1v) is 11.5. The first-order chi connectivity index (χ1) is 16.0. The first-order valence-electron chi connectivity index (χ1n) is 10.8. The molecule has 1 aliphatic heterocycles. The SMILES string of the molecule is O=C(N[C@H]1CC[C@H](N2COC(c3ccc(Cl)c(F)c3)=N2)CC1)c1ccc2cc(Cl)ccc2n1. The lowest BCUT2D eigenvalue weighted by Crippen LogP contribution is -2.42. The van der Waals surface area contributed by atoms with Crippen molar-refractivity contribution < 1.29 is 13.9 Å². The van der Waals surface area contributed by atoms with Crippen molar-refractivity contribution >= 4 is 45.9 Å². The molecule has 1 aliphatic carbocycles. The first kappa shape index (κ1) is 21.9. The second-order valence-corrected chi connectivity index (χ2v) is 9.10. The van der Waals surface area contributed by atoms with E-state index in [2.05, 4.69) is 15.4 Å². The molecule has 0 saturated heterocycles. The number of nitrogens with one attached hydrogen (secondary N) is 1. The number of nitrogens with zero attached hydrogens (tertiary/aromatic N) is 3. The van der Waals surface area contributed by atoms with Crippen LogP contribution < -0.4 is 5.32 Å². The number of aromatic nitrogens is 1. The number of hydrogen-bond donors (Lipinski definition) is 1. The molecule has 170 valence electrons. The standard InChI is InChI=1S/C24H21Cl2FN4O2/c25-16-3-10-21-14(11-16)2-9-22(29-21)23(32)28-17-4-6-18(7-5-17)31-13-33-24(30-31)15-1-8-19(26)20(27)12-15/h1-3,8-12,17-18H,4-7,13H2,(H,28,32)/t17-,18-. The molecule has 1 amide bonds. The Bertz CT molecular complexity index is 1240. The highest BCUT2D eigenvalue weighted by atomic mass is 35.5. The molecule has 1 fully saturated rings. The van der Waals surface area contributed by atoms with E-state index in [1.54, 1.807) is 18.2 Å². The summed E-state index contributed by atoms with van der Waals surface area (Å²) in [5.41, 5.74) is 1.69. The highest BCUT2D eigenvalue weighted by Gasteiger charge is 2.30. The van der Waals surface area contributed by atoms with Crippen LogP contribution in [0.2, 0.25) is 10.0 Å². The van der Waals surface area contributed by atoms with Gasteiger partial charge in [0.05, 0.1) is 16.6 Å². The Kier molecular flexibility index (Phi) is 6.08. The molecule has 1 N–H and O–H groups in total. The van der Waals surface area contributed by atoms with Crippen molar-refractivity contribution in [3.63, 3.8) is 0 Å². The minimum Gasteiger partial charge on any atom is -0.453 e. The average Bonchev–Trinajstić information content (AvgIpc) is 3.31. The third kappa shape index (κ3) is 4.75. The summed E-state index contributed by atoms with van der Waals surface area (Å²) < 4.78 is 19.4. The van der Waals surface area contributed by atoms with Gasteiger partial charge in [0.1, 0.15) is 11.5 Å². The van der Waals surface area contributed by atoms with Gasteiger partial charge in [0, 0.05) is 22.0 Å². The molecule has 2 aliphatic rings. The van der Waals surface area contributed by atoms with Gasteiger partial charge in [-0.05, 0) is 68.1 Å². The number of pyridine rings is 1. The van der Waals surface area contributed by atoms with Crippen LogP contribution in [0.5, 0.6) is 0 Å². The van der Waals surface area contributed by atoms with Crippen molar-refractivity contribution in [1.82, 2.24) is 15.3 Å². The molecule has 0 unspecified atom stereocenters. The Morgan fingerprint density at radius 2 is 1.88 bits per heavy atom. The topological polar surface area (TPSA) is 66.8 Å². The number of carbonyl (C=O) groups is 1. The maximum Gasteiger partial charge on any atom is 0.270 e. The van der Waals surface area contributed by atoms with E-state index < -0.39 is 5.82 Å². The number of benzene rings is 2. The highest BCUT2D eigenvalue weighted by molar-refractivity contribution is 6.31. The molecule has 2 heterocycles. The van der Waals surface area contributed by atoms with Gasteiger partial charge in [-0.2, -0.15) is 0 Å². The third-order valence-electron chi connectivity index (χ3n) is 6.06. The monoisotopic (exact) mass is 486 g/mol. The fourth-order valence-corrected chi connectivity index (χ4v) is 4.56. The molecule has 0 bridgehead atoms. The molecule has 6 nitrogen and oxygen atoms in total. The molecule has 9 heteroatoms. The van der Waals surface area contributed by atoms with E-state index >= 15 is 0 Å². The van der Waals surface area contributed by atoms with Crippen molar-refractivity contribution in [2.24, 2.45) is 5.10 Å². The molecular formula is C24H21Cl2FN4O2. The lowest BCUT2D eigenvalue weighted by molar-refractivity contribution is 0.0823. The van der Waals surface area contributed by atoms with E-state index in [1.165, 1.54) is 12.1 Å². The fraction of sp³-hybridized carbons (Fsp3) is 0.292. The van der Waals surface area contributed by atoms with Crippen LogP contribution in [0.25, 0.3) is 10.9 Å². The van der Waals surface area contributed by atoms with Crippen molar-refractivity contribution in [3.05, 3.63) is 75.7 Å². The van der Waals surface area contributed by atoms with Crippen LogP contribution in [0.15, 0.2) is 53.6 Å². The summed E-state index contributed by atoms with van der Waals surface area (Å²) >= 11 is 11.8. The van der Waals surface area contributed by atoms with Crippen LogP contribution in [-0.2, 0) is 4.74 Å². The third-order valence-corrected chi connectivity index (χ3v) is 6.60. The zero-order valence-electron chi connectivity index (χ0n) is 17.6. The summed E-state index contributed by atoms with van der Waals surface area (Å²) in [5.74, 6) is -0.283. The van der Waals surface area contributed by atoms with E-state index in [0.717, 1.165) is 36.6 Å². The quantitative estimate of drug-likeness (QED) is 0.537. The second kappa shape index (κ2) is 9.15. The van der Waals surface area contributed by atoms with Crippen LogP contribution in [0.1, 0.15) is 41.7 Å². The summed E-state index contributed by atoms with van der Waals surface area (Å²) in [6.45, 7) is 0.326. The second-order valence-electron chi connectivity index (χ2n) is 8.26. The molecule has 1 aromatic heterocycles. The van der Waals surface area contributed by atoms with Crippen LogP contribution in [-0.4, -0.2) is 40.6 Å². The maximum absolute atomic E-state index is 13.7. The number of amides is 1. The van der Waals surface area contributed by atoms with E-state index in [4.69, 9.17) is 27.9 Å². The van der Waals surface area contributed by atoms with Gasteiger partial charge < -0.3 is 10.1 Å². The summed E-state index contributed by atoms with van der Waals surface area (Å²) in [6, 6.07) is 13.8. The minimum atomic E-state index is -0.500. The maximum atomic E-state index is 13.7. The van der Waals surface area contributed by atoms with Crippen LogP contribution in [0.3, 0.4) is 0 Å². The lowest BCUT2D eigenvalue weighted by Gasteiger charge is -2.32. The molecule has 1 saturated carbocycles. The molecule has 3 aromatic rings. The Morgan fingerprint density at radius 3 is 2.67 bits per heavy atom. The van der Waals surface area contributed by atoms with Gasteiger partial charge >= 0.3 is 0 Å². The zero-order chi connectivity index (χ0) is 22.9. The van der Waals surface area contributed by atoms with Crippen molar-refractivity contribution in [3.8, 4) is 0 Å². The Balaban J connectivity index is 1.17. The van der Waals surface area contributed by atoms with Crippen LogP contribution in [0, 0.1) is 5.82 Å². The van der Waals surface area contributed by atoms with Crippen molar-refractivity contribution in [2.75, 3.05) is 6.73 Å². The van der Waals surface area contributed by atoms with Crippen LogP contribution >= 0.6 is 23.2 Å². The van der Waals surface area contributed by atoms with Gasteiger partial charge in [-0.25, -0.2) is 9.37 Å². The van der Waals surface area contributed by atoms with Gasteiger partial charge in [-0.15, -0.1) is 5.10 Å². The van der Waals surface area contributed by atoms with Crippen molar-refractivity contribution in [1.29, 1.82) is 0 Å². The minimum absolute atomic E-state index is 0.0675. The summed E-state index contributed by atoms with van der Waals surface area (Å²) in [5, 5.41) is 11.1. The van der Waals surface area contributed by atoms with Gasteiger partial charge in [-0.1, -0.05) is 29.3 Å². The molecule has 0 spiro atoms. The normalized spacial score (nSPS) is 20.5. The van der Waals surface area contributed by atoms with E-state index in [0.29, 0.717) is 28.9 Å². The molecule has 5 rings (SSSR count). The van der Waals surface area contributed by atoms with E-state index in [-0.39, 0.29) is 23.0 Å². The van der Waals surface area contributed by atoms with Gasteiger partial charge in [0.2, 0.25) is 5.90 Å². The lowest BCUT2D eigenvalue weighted by atomic mass is 9.91. The van der Waals surface area contributed by atoms with E-state index in [9.17, 15) is 9.18 Å².